The molecule has 0 saturated carbocycles. The zero-order valence-electron chi connectivity index (χ0n) is 12.4. The summed E-state index contributed by atoms with van der Waals surface area (Å²) in [6.07, 6.45) is 0. The van der Waals surface area contributed by atoms with Gasteiger partial charge in [-0.1, -0.05) is 18.2 Å². The fraction of sp³-hybridized carbons (Fsp3) is 0.176. The van der Waals surface area contributed by atoms with Gasteiger partial charge < -0.3 is 14.6 Å². The number of ether oxygens (including phenoxy) is 2. The van der Waals surface area contributed by atoms with Crippen molar-refractivity contribution in [3.63, 3.8) is 0 Å². The topological polar surface area (TPSA) is 64.5 Å². The number of hydrogen-bond donors (Lipinski definition) is 1. The second kappa shape index (κ2) is 5.99. The Labute approximate surface area is 128 Å². The van der Waals surface area contributed by atoms with E-state index in [1.165, 1.54) is 0 Å². The van der Waals surface area contributed by atoms with E-state index >= 15 is 0 Å². The molecule has 3 rings (SSSR count). The van der Waals surface area contributed by atoms with Crippen molar-refractivity contribution in [2.75, 3.05) is 14.2 Å². The van der Waals surface area contributed by atoms with Gasteiger partial charge in [0.15, 0.2) is 17.3 Å². The molecular formula is C17H16N2O3. The van der Waals surface area contributed by atoms with Crippen LogP contribution in [0.5, 0.6) is 11.5 Å². The Kier molecular flexibility index (Phi) is 3.89. The number of benzene rings is 2. The largest absolute Gasteiger partial charge is 0.493 e. The molecule has 1 aromatic heterocycles. The second-order valence-corrected chi connectivity index (χ2v) is 4.73. The first-order valence-electron chi connectivity index (χ1n) is 6.85. The van der Waals surface area contributed by atoms with E-state index in [0.717, 1.165) is 22.2 Å². The van der Waals surface area contributed by atoms with Gasteiger partial charge in [-0.25, -0.2) is 9.97 Å². The maximum Gasteiger partial charge on any atom is 0.161 e. The zero-order valence-corrected chi connectivity index (χ0v) is 12.4. The molecule has 0 spiro atoms. The first-order valence-corrected chi connectivity index (χ1v) is 6.85. The molecule has 3 aromatic rings. The number of para-hydroxylation sites is 1. The molecule has 1 N–H and O–H groups in total. The maximum absolute atomic E-state index is 9.38. The van der Waals surface area contributed by atoms with Crippen LogP contribution in [-0.2, 0) is 6.61 Å². The lowest BCUT2D eigenvalue weighted by Crippen LogP contribution is -1.99. The van der Waals surface area contributed by atoms with Crippen LogP contribution in [-0.4, -0.2) is 29.3 Å². The highest BCUT2D eigenvalue weighted by Gasteiger charge is 2.12. The number of aliphatic hydroxyl groups excluding tert-OH is 1. The molecule has 0 aliphatic heterocycles. The van der Waals surface area contributed by atoms with Crippen molar-refractivity contribution < 1.29 is 14.6 Å². The van der Waals surface area contributed by atoms with Crippen molar-refractivity contribution in [1.29, 1.82) is 0 Å². The average Bonchev–Trinajstić information content (AvgIpc) is 2.60. The molecule has 0 fully saturated rings. The van der Waals surface area contributed by atoms with Gasteiger partial charge in [0.25, 0.3) is 0 Å². The molecule has 2 aromatic carbocycles. The summed E-state index contributed by atoms with van der Waals surface area (Å²) in [6.45, 7) is -0.203. The van der Waals surface area contributed by atoms with Crippen LogP contribution >= 0.6 is 0 Å². The number of methoxy groups -OCH3 is 2. The summed E-state index contributed by atoms with van der Waals surface area (Å²) in [5, 5.41) is 10.3. The van der Waals surface area contributed by atoms with Crippen LogP contribution in [0.25, 0.3) is 22.2 Å². The van der Waals surface area contributed by atoms with Crippen LogP contribution < -0.4 is 9.47 Å². The standard InChI is InChI=1S/C17H16N2O3/c1-21-14-8-7-11(9-15(14)22-2)17-12-5-3-4-6-13(12)18-16(10-20)19-17/h3-9,20H,10H2,1-2H3. The van der Waals surface area contributed by atoms with Gasteiger partial charge in [-0.05, 0) is 24.3 Å². The SMILES string of the molecule is COc1ccc(-c2nc(CO)nc3ccccc23)cc1OC. The van der Waals surface area contributed by atoms with E-state index in [1.54, 1.807) is 14.2 Å². The summed E-state index contributed by atoms with van der Waals surface area (Å²) in [5.41, 5.74) is 2.44. The molecule has 0 aliphatic rings. The van der Waals surface area contributed by atoms with Crippen LogP contribution in [0.3, 0.4) is 0 Å². The minimum Gasteiger partial charge on any atom is -0.493 e. The summed E-state index contributed by atoms with van der Waals surface area (Å²) in [6, 6.07) is 13.3. The molecule has 0 amide bonds. The van der Waals surface area contributed by atoms with Crippen molar-refractivity contribution in [3.8, 4) is 22.8 Å². The number of aromatic nitrogens is 2. The van der Waals surface area contributed by atoms with Crippen molar-refractivity contribution in [1.82, 2.24) is 9.97 Å². The van der Waals surface area contributed by atoms with E-state index < -0.39 is 0 Å². The molecular weight excluding hydrogens is 280 g/mol. The summed E-state index contributed by atoms with van der Waals surface area (Å²) < 4.78 is 10.6. The van der Waals surface area contributed by atoms with E-state index in [4.69, 9.17) is 9.47 Å². The Bertz CT molecular complexity index is 818. The summed E-state index contributed by atoms with van der Waals surface area (Å²) in [4.78, 5) is 8.80. The molecule has 0 bridgehead atoms. The van der Waals surface area contributed by atoms with Crippen molar-refractivity contribution >= 4 is 10.9 Å². The Balaban J connectivity index is 2.25. The van der Waals surface area contributed by atoms with Gasteiger partial charge in [-0.2, -0.15) is 0 Å². The molecule has 0 saturated heterocycles. The number of rotatable bonds is 4. The average molecular weight is 296 g/mol. The highest BCUT2D eigenvalue weighted by atomic mass is 16.5. The second-order valence-electron chi connectivity index (χ2n) is 4.73. The Hall–Kier alpha value is -2.66. The molecule has 5 heteroatoms. The molecule has 112 valence electrons. The Morgan fingerprint density at radius 3 is 2.45 bits per heavy atom. The Morgan fingerprint density at radius 1 is 0.955 bits per heavy atom. The van der Waals surface area contributed by atoms with E-state index in [1.807, 2.05) is 42.5 Å². The molecule has 1 heterocycles. The predicted octanol–water partition coefficient (Wildman–Crippen LogP) is 2.81. The summed E-state index contributed by atoms with van der Waals surface area (Å²) in [5.74, 6) is 1.68. The molecule has 0 aliphatic carbocycles. The van der Waals surface area contributed by atoms with E-state index in [2.05, 4.69) is 9.97 Å². The van der Waals surface area contributed by atoms with E-state index in [0.29, 0.717) is 17.3 Å². The minimum absolute atomic E-state index is 0.203. The first kappa shape index (κ1) is 14.3. The Morgan fingerprint density at radius 2 is 1.73 bits per heavy atom. The normalized spacial score (nSPS) is 10.7. The maximum atomic E-state index is 9.38. The van der Waals surface area contributed by atoms with Gasteiger partial charge >= 0.3 is 0 Å². The summed E-state index contributed by atoms with van der Waals surface area (Å²) >= 11 is 0. The molecule has 0 unspecified atom stereocenters. The van der Waals surface area contributed by atoms with Crippen molar-refractivity contribution in [2.45, 2.75) is 6.61 Å². The molecule has 0 atom stereocenters. The first-order chi connectivity index (χ1) is 10.8. The third-order valence-corrected chi connectivity index (χ3v) is 3.45. The van der Waals surface area contributed by atoms with Crippen LogP contribution in [0.4, 0.5) is 0 Å². The van der Waals surface area contributed by atoms with Gasteiger partial charge in [0, 0.05) is 10.9 Å². The number of aliphatic hydroxyl groups is 1. The van der Waals surface area contributed by atoms with Crippen LogP contribution in [0.15, 0.2) is 42.5 Å². The smallest absolute Gasteiger partial charge is 0.161 e. The number of nitrogens with zero attached hydrogens (tertiary/aromatic N) is 2. The lowest BCUT2D eigenvalue weighted by molar-refractivity contribution is 0.272. The van der Waals surface area contributed by atoms with Crippen LogP contribution in [0.2, 0.25) is 0 Å². The van der Waals surface area contributed by atoms with Gasteiger partial charge in [-0.15, -0.1) is 0 Å². The highest BCUT2D eigenvalue weighted by Crippen LogP contribution is 2.34. The fourth-order valence-electron chi connectivity index (χ4n) is 2.40. The monoisotopic (exact) mass is 296 g/mol. The van der Waals surface area contributed by atoms with Crippen molar-refractivity contribution in [2.24, 2.45) is 0 Å². The third kappa shape index (κ3) is 2.46. The van der Waals surface area contributed by atoms with Gasteiger partial charge in [-0.3, -0.25) is 0 Å². The molecule has 22 heavy (non-hydrogen) atoms. The third-order valence-electron chi connectivity index (χ3n) is 3.45. The van der Waals surface area contributed by atoms with Crippen molar-refractivity contribution in [3.05, 3.63) is 48.3 Å². The lowest BCUT2D eigenvalue weighted by atomic mass is 10.1. The molecule has 0 radical (unpaired) electrons. The quantitative estimate of drug-likeness (QED) is 0.802. The molecule has 5 nitrogen and oxygen atoms in total. The van der Waals surface area contributed by atoms with Gasteiger partial charge in [0.1, 0.15) is 6.61 Å². The zero-order chi connectivity index (χ0) is 15.5. The van der Waals surface area contributed by atoms with Gasteiger partial charge in [0.05, 0.1) is 25.4 Å². The summed E-state index contributed by atoms with van der Waals surface area (Å²) in [7, 11) is 3.19. The van der Waals surface area contributed by atoms with E-state index in [-0.39, 0.29) is 6.61 Å². The number of fused-ring (bicyclic) bond motifs is 1. The minimum atomic E-state index is -0.203. The van der Waals surface area contributed by atoms with E-state index in [9.17, 15) is 5.11 Å². The van der Waals surface area contributed by atoms with Gasteiger partial charge in [0.2, 0.25) is 0 Å². The highest BCUT2D eigenvalue weighted by molar-refractivity contribution is 5.92. The predicted molar refractivity (Wildman–Crippen MR) is 84.0 cm³/mol. The van der Waals surface area contributed by atoms with Crippen LogP contribution in [0.1, 0.15) is 5.82 Å². The lowest BCUT2D eigenvalue weighted by Gasteiger charge is -2.11. The number of hydrogen-bond acceptors (Lipinski definition) is 5. The van der Waals surface area contributed by atoms with Crippen LogP contribution in [0, 0.1) is 0 Å². The fourth-order valence-corrected chi connectivity index (χ4v) is 2.40.